The molecule has 1 fully saturated rings. The fourth-order valence-electron chi connectivity index (χ4n) is 3.16. The molecule has 1 saturated heterocycles. The first-order valence-corrected chi connectivity index (χ1v) is 9.01. The zero-order valence-corrected chi connectivity index (χ0v) is 15.3. The van der Waals surface area contributed by atoms with Gasteiger partial charge in [-0.1, -0.05) is 60.7 Å². The molecule has 0 amide bonds. The average Bonchev–Trinajstić information content (AvgIpc) is 2.73. The van der Waals surface area contributed by atoms with Crippen LogP contribution in [0, 0.1) is 0 Å². The first kappa shape index (κ1) is 19.9. The number of hydrogen-bond acceptors (Lipinski definition) is 6. The van der Waals surface area contributed by atoms with Crippen LogP contribution >= 0.6 is 0 Å². The van der Waals surface area contributed by atoms with E-state index in [9.17, 15) is 10.2 Å². The van der Waals surface area contributed by atoms with Gasteiger partial charge in [-0.25, -0.2) is 0 Å². The number of aliphatic hydroxyl groups is 2. The fraction of sp³-hybridized carbons (Fsp3) is 0.429. The quantitative estimate of drug-likeness (QED) is 0.735. The lowest BCUT2D eigenvalue weighted by atomic mass is 9.98. The normalized spacial score (nSPS) is 28.2. The van der Waals surface area contributed by atoms with Gasteiger partial charge in [-0.3, -0.25) is 0 Å². The Bertz CT molecular complexity index is 665. The number of rotatable bonds is 8. The number of hydrogen-bond donors (Lipinski definition) is 2. The van der Waals surface area contributed by atoms with Gasteiger partial charge in [0.25, 0.3) is 0 Å². The molecule has 0 aliphatic carbocycles. The van der Waals surface area contributed by atoms with E-state index in [1.807, 2.05) is 60.7 Å². The Labute approximate surface area is 159 Å². The van der Waals surface area contributed by atoms with E-state index < -0.39 is 30.7 Å². The lowest BCUT2D eigenvalue weighted by molar-refractivity contribution is -0.311. The van der Waals surface area contributed by atoms with Crippen molar-refractivity contribution in [1.82, 2.24) is 0 Å². The Morgan fingerprint density at radius 1 is 0.852 bits per heavy atom. The summed E-state index contributed by atoms with van der Waals surface area (Å²) in [6, 6.07) is 19.4. The summed E-state index contributed by atoms with van der Waals surface area (Å²) in [5.74, 6) is 0. The maximum absolute atomic E-state index is 10.7. The van der Waals surface area contributed by atoms with Crippen LogP contribution in [0.3, 0.4) is 0 Å². The molecule has 27 heavy (non-hydrogen) atoms. The highest BCUT2D eigenvalue weighted by atomic mass is 16.7. The third kappa shape index (κ3) is 5.13. The van der Waals surface area contributed by atoms with Crippen molar-refractivity contribution in [1.29, 1.82) is 0 Å². The van der Waals surface area contributed by atoms with Gasteiger partial charge in [0.2, 0.25) is 0 Å². The minimum absolute atomic E-state index is 0.267. The maximum atomic E-state index is 10.7. The zero-order valence-electron chi connectivity index (χ0n) is 15.3. The molecule has 6 heteroatoms. The van der Waals surface area contributed by atoms with Gasteiger partial charge in [0.15, 0.2) is 6.29 Å². The molecule has 1 aliphatic rings. The van der Waals surface area contributed by atoms with Gasteiger partial charge in [0.05, 0.1) is 19.8 Å². The second kappa shape index (κ2) is 9.94. The first-order chi connectivity index (χ1) is 13.2. The summed E-state index contributed by atoms with van der Waals surface area (Å²) in [6.45, 7) is 0.362. The molecule has 0 spiro atoms. The third-order valence-electron chi connectivity index (χ3n) is 4.60. The summed E-state index contributed by atoms with van der Waals surface area (Å²) in [5, 5.41) is 20.4. The van der Waals surface area contributed by atoms with E-state index in [-0.39, 0.29) is 6.61 Å². The van der Waals surface area contributed by atoms with E-state index in [4.69, 9.17) is 18.9 Å². The van der Waals surface area contributed by atoms with Gasteiger partial charge in [0, 0.05) is 7.11 Å². The molecule has 1 aliphatic heterocycles. The van der Waals surface area contributed by atoms with Crippen molar-refractivity contribution in [3.8, 4) is 0 Å². The standard InChI is InChI=1S/C21H26O6/c1-24-21-18(23)20(26-14-16-10-6-3-7-11-16)19(17(12-22)27-21)25-13-15-8-4-2-5-9-15/h2-11,17-23H,12-14H2,1H3/t17-,18-,19-,20-,21+/m1/s1. The van der Waals surface area contributed by atoms with Gasteiger partial charge in [0.1, 0.15) is 24.4 Å². The van der Waals surface area contributed by atoms with Crippen LogP contribution in [0.4, 0.5) is 0 Å². The molecule has 3 rings (SSSR count). The first-order valence-electron chi connectivity index (χ1n) is 9.01. The Morgan fingerprint density at radius 2 is 1.37 bits per heavy atom. The van der Waals surface area contributed by atoms with Crippen LogP contribution in [0.25, 0.3) is 0 Å². The summed E-state index contributed by atoms with van der Waals surface area (Å²) in [5.41, 5.74) is 1.96. The molecule has 0 bridgehead atoms. The van der Waals surface area contributed by atoms with Crippen LogP contribution in [-0.2, 0) is 32.2 Å². The van der Waals surface area contributed by atoms with E-state index in [1.165, 1.54) is 7.11 Å². The van der Waals surface area contributed by atoms with Crippen molar-refractivity contribution in [3.63, 3.8) is 0 Å². The van der Waals surface area contributed by atoms with E-state index in [1.54, 1.807) is 0 Å². The second-order valence-corrected chi connectivity index (χ2v) is 6.47. The molecule has 0 radical (unpaired) electrons. The van der Waals surface area contributed by atoms with Crippen LogP contribution in [0.5, 0.6) is 0 Å². The van der Waals surface area contributed by atoms with Crippen LogP contribution in [0.1, 0.15) is 11.1 Å². The Hall–Kier alpha value is -1.80. The summed E-state index contributed by atoms with van der Waals surface area (Å²) in [6.07, 6.45) is -3.94. The van der Waals surface area contributed by atoms with Crippen LogP contribution < -0.4 is 0 Å². The Balaban J connectivity index is 1.73. The molecule has 0 unspecified atom stereocenters. The van der Waals surface area contributed by atoms with E-state index >= 15 is 0 Å². The van der Waals surface area contributed by atoms with Crippen LogP contribution in [-0.4, -0.2) is 54.6 Å². The van der Waals surface area contributed by atoms with Crippen molar-refractivity contribution in [3.05, 3.63) is 71.8 Å². The van der Waals surface area contributed by atoms with Gasteiger partial charge >= 0.3 is 0 Å². The molecule has 6 nitrogen and oxygen atoms in total. The number of methoxy groups -OCH3 is 1. The van der Waals surface area contributed by atoms with Crippen LogP contribution in [0.15, 0.2) is 60.7 Å². The van der Waals surface area contributed by atoms with Crippen molar-refractivity contribution in [2.45, 2.75) is 43.9 Å². The summed E-state index contributed by atoms with van der Waals surface area (Å²) in [4.78, 5) is 0. The van der Waals surface area contributed by atoms with Crippen molar-refractivity contribution in [2.24, 2.45) is 0 Å². The summed E-state index contributed by atoms with van der Waals surface area (Å²) >= 11 is 0. The van der Waals surface area contributed by atoms with Gasteiger partial charge in [-0.2, -0.15) is 0 Å². The zero-order chi connectivity index (χ0) is 19.1. The number of benzene rings is 2. The number of aliphatic hydroxyl groups excluding tert-OH is 2. The van der Waals surface area contributed by atoms with E-state index in [0.29, 0.717) is 13.2 Å². The summed E-state index contributed by atoms with van der Waals surface area (Å²) < 4.78 is 22.9. The molecule has 2 aromatic carbocycles. The predicted molar refractivity (Wildman–Crippen MR) is 98.8 cm³/mol. The van der Waals surface area contributed by atoms with Crippen molar-refractivity contribution < 1.29 is 29.2 Å². The smallest absolute Gasteiger partial charge is 0.186 e. The Kier molecular flexibility index (Phi) is 7.34. The molecule has 2 N–H and O–H groups in total. The number of ether oxygens (including phenoxy) is 4. The largest absolute Gasteiger partial charge is 0.394 e. The SMILES string of the molecule is CO[C@H]1O[C@H](CO)[C@@H](OCc2ccccc2)[C@H](OCc2ccccc2)[C@H]1O. The molecular weight excluding hydrogens is 348 g/mol. The highest BCUT2D eigenvalue weighted by Gasteiger charge is 2.46. The molecule has 0 saturated carbocycles. The highest BCUT2D eigenvalue weighted by molar-refractivity contribution is 5.14. The highest BCUT2D eigenvalue weighted by Crippen LogP contribution is 2.28. The molecule has 5 atom stereocenters. The van der Waals surface area contributed by atoms with Crippen LogP contribution in [0.2, 0.25) is 0 Å². The lowest BCUT2D eigenvalue weighted by Crippen LogP contribution is -2.60. The van der Waals surface area contributed by atoms with Crippen molar-refractivity contribution in [2.75, 3.05) is 13.7 Å². The molecule has 0 aromatic heterocycles. The minimum Gasteiger partial charge on any atom is -0.394 e. The van der Waals surface area contributed by atoms with E-state index in [2.05, 4.69) is 0 Å². The lowest BCUT2D eigenvalue weighted by Gasteiger charge is -2.43. The molecule has 2 aromatic rings. The minimum atomic E-state index is -1.04. The van der Waals surface area contributed by atoms with Gasteiger partial charge in [-0.15, -0.1) is 0 Å². The topological polar surface area (TPSA) is 77.4 Å². The van der Waals surface area contributed by atoms with Gasteiger partial charge < -0.3 is 29.2 Å². The third-order valence-corrected chi connectivity index (χ3v) is 4.60. The fourth-order valence-corrected chi connectivity index (χ4v) is 3.16. The molecular formula is C21H26O6. The Morgan fingerprint density at radius 3 is 1.85 bits per heavy atom. The van der Waals surface area contributed by atoms with Crippen molar-refractivity contribution >= 4 is 0 Å². The predicted octanol–water partition coefficient (Wildman–Crippen LogP) is 1.88. The summed E-state index contributed by atoms with van der Waals surface area (Å²) in [7, 11) is 1.45. The van der Waals surface area contributed by atoms with Gasteiger partial charge in [-0.05, 0) is 11.1 Å². The van der Waals surface area contributed by atoms with E-state index in [0.717, 1.165) is 11.1 Å². The molecule has 1 heterocycles. The maximum Gasteiger partial charge on any atom is 0.186 e. The monoisotopic (exact) mass is 374 g/mol. The molecule has 146 valence electrons. The second-order valence-electron chi connectivity index (χ2n) is 6.47. The average molecular weight is 374 g/mol.